The Morgan fingerprint density at radius 1 is 1.29 bits per heavy atom. The van der Waals surface area contributed by atoms with Crippen LogP contribution in [0.15, 0.2) is 41.8 Å². The van der Waals surface area contributed by atoms with Crippen molar-refractivity contribution in [1.82, 2.24) is 5.32 Å². The van der Waals surface area contributed by atoms with Crippen LogP contribution in [-0.2, 0) is 4.79 Å². The molecule has 1 aromatic carbocycles. The molecule has 1 unspecified atom stereocenters. The molecule has 0 aliphatic rings. The largest absolute Gasteiger partial charge is 0.479 e. The number of rotatable bonds is 5. The van der Waals surface area contributed by atoms with E-state index in [9.17, 15) is 24.8 Å². The number of aliphatic carboxylic acids is 1. The maximum Gasteiger partial charge on any atom is 0.330 e. The van der Waals surface area contributed by atoms with Crippen LogP contribution in [0.3, 0.4) is 0 Å². The van der Waals surface area contributed by atoms with Crippen molar-refractivity contribution < 1.29 is 19.6 Å². The van der Waals surface area contributed by atoms with E-state index in [1.54, 1.807) is 30.3 Å². The summed E-state index contributed by atoms with van der Waals surface area (Å²) < 4.78 is 0. The maximum absolute atomic E-state index is 12.0. The fraction of sp³-hybridized carbons (Fsp3) is 0.0769. The summed E-state index contributed by atoms with van der Waals surface area (Å²) in [6.07, 6.45) is 0. The Hall–Kier alpha value is -2.74. The summed E-state index contributed by atoms with van der Waals surface area (Å²) in [4.78, 5) is 33.2. The molecule has 1 atom stereocenters. The number of nitrogens with one attached hydrogen (secondary N) is 1. The van der Waals surface area contributed by atoms with Crippen molar-refractivity contribution in [2.75, 3.05) is 0 Å². The number of carboxylic acids is 1. The molecule has 1 aromatic heterocycles. The van der Waals surface area contributed by atoms with Crippen LogP contribution in [0.1, 0.15) is 22.0 Å². The van der Waals surface area contributed by atoms with Crippen LogP contribution in [0, 0.1) is 10.1 Å². The predicted octanol–water partition coefficient (Wildman–Crippen LogP) is 2.21. The highest BCUT2D eigenvalue weighted by Gasteiger charge is 2.24. The van der Waals surface area contributed by atoms with Crippen LogP contribution in [0.5, 0.6) is 0 Å². The van der Waals surface area contributed by atoms with Crippen LogP contribution in [0.25, 0.3) is 0 Å². The van der Waals surface area contributed by atoms with E-state index in [0.717, 1.165) is 17.4 Å². The second kappa shape index (κ2) is 6.14. The third kappa shape index (κ3) is 3.42. The molecule has 2 aromatic rings. The number of carboxylic acid groups (broad SMARTS) is 1. The molecule has 0 radical (unpaired) electrons. The zero-order valence-electron chi connectivity index (χ0n) is 10.6. The Balaban J connectivity index is 2.19. The maximum atomic E-state index is 12.0. The molecule has 8 heteroatoms. The highest BCUT2D eigenvalue weighted by atomic mass is 32.1. The van der Waals surface area contributed by atoms with E-state index >= 15 is 0 Å². The molecule has 2 rings (SSSR count). The fourth-order valence-corrected chi connectivity index (χ4v) is 2.39. The van der Waals surface area contributed by atoms with Crippen LogP contribution in [-0.4, -0.2) is 21.9 Å². The number of carbonyl (C=O) groups is 2. The average molecular weight is 306 g/mol. The van der Waals surface area contributed by atoms with Crippen LogP contribution in [0.2, 0.25) is 0 Å². The Morgan fingerprint density at radius 3 is 2.48 bits per heavy atom. The molecule has 0 bridgehead atoms. The SMILES string of the molecule is O=C(NC(C(=O)O)c1ccccc1)c1csc([N+](=O)[O-])c1. The summed E-state index contributed by atoms with van der Waals surface area (Å²) in [5.41, 5.74) is 0.483. The average Bonchev–Trinajstić information content (AvgIpc) is 2.95. The number of hydrogen-bond acceptors (Lipinski definition) is 5. The van der Waals surface area contributed by atoms with Gasteiger partial charge in [-0.05, 0) is 5.56 Å². The molecule has 1 amide bonds. The van der Waals surface area contributed by atoms with Crippen molar-refractivity contribution in [1.29, 1.82) is 0 Å². The van der Waals surface area contributed by atoms with Crippen LogP contribution >= 0.6 is 11.3 Å². The van der Waals surface area contributed by atoms with Crippen molar-refractivity contribution in [3.8, 4) is 0 Å². The summed E-state index contributed by atoms with van der Waals surface area (Å²) in [5.74, 6) is -1.88. The van der Waals surface area contributed by atoms with Gasteiger partial charge in [-0.1, -0.05) is 41.7 Å². The first-order valence-corrected chi connectivity index (χ1v) is 6.68. The summed E-state index contributed by atoms with van der Waals surface area (Å²) in [6, 6.07) is 8.11. The van der Waals surface area contributed by atoms with E-state index in [2.05, 4.69) is 5.32 Å². The predicted molar refractivity (Wildman–Crippen MR) is 75.3 cm³/mol. The van der Waals surface area contributed by atoms with Gasteiger partial charge in [0.15, 0.2) is 6.04 Å². The van der Waals surface area contributed by atoms with Gasteiger partial charge < -0.3 is 10.4 Å². The van der Waals surface area contributed by atoms with Crippen molar-refractivity contribution in [3.63, 3.8) is 0 Å². The molecular weight excluding hydrogens is 296 g/mol. The van der Waals surface area contributed by atoms with E-state index < -0.39 is 22.8 Å². The molecule has 0 spiro atoms. The van der Waals surface area contributed by atoms with Gasteiger partial charge in [0.2, 0.25) is 0 Å². The van der Waals surface area contributed by atoms with Gasteiger partial charge in [-0.25, -0.2) is 4.79 Å². The smallest absolute Gasteiger partial charge is 0.330 e. The lowest BCUT2D eigenvalue weighted by molar-refractivity contribution is -0.380. The third-order valence-electron chi connectivity index (χ3n) is 2.68. The Labute approximate surface area is 123 Å². The first kappa shape index (κ1) is 14.7. The quantitative estimate of drug-likeness (QED) is 0.650. The zero-order valence-corrected chi connectivity index (χ0v) is 11.4. The number of carbonyl (C=O) groups excluding carboxylic acids is 1. The van der Waals surface area contributed by atoms with Gasteiger partial charge in [0.05, 0.1) is 10.5 Å². The number of thiophene rings is 1. The van der Waals surface area contributed by atoms with E-state index in [0.29, 0.717) is 5.56 Å². The van der Waals surface area contributed by atoms with Gasteiger partial charge in [-0.15, -0.1) is 0 Å². The number of hydrogen-bond donors (Lipinski definition) is 2. The van der Waals surface area contributed by atoms with Gasteiger partial charge in [0.25, 0.3) is 5.91 Å². The van der Waals surface area contributed by atoms with Crippen molar-refractivity contribution in [2.45, 2.75) is 6.04 Å². The highest BCUT2D eigenvalue weighted by Crippen LogP contribution is 2.23. The Bertz CT molecular complexity index is 683. The molecule has 0 saturated carbocycles. The van der Waals surface area contributed by atoms with Crippen molar-refractivity contribution in [3.05, 3.63) is 63.0 Å². The lowest BCUT2D eigenvalue weighted by Gasteiger charge is -2.14. The number of benzene rings is 1. The van der Waals surface area contributed by atoms with Crippen LogP contribution in [0.4, 0.5) is 5.00 Å². The molecule has 0 fully saturated rings. The first-order chi connectivity index (χ1) is 9.99. The second-order valence-electron chi connectivity index (χ2n) is 4.09. The Kier molecular flexibility index (Phi) is 4.29. The molecule has 1 heterocycles. The molecule has 0 aliphatic carbocycles. The van der Waals surface area contributed by atoms with E-state index in [1.807, 2.05) is 0 Å². The minimum atomic E-state index is -1.21. The molecular formula is C13H10N2O5S. The molecule has 0 saturated heterocycles. The monoisotopic (exact) mass is 306 g/mol. The van der Waals surface area contributed by atoms with Gasteiger partial charge >= 0.3 is 11.0 Å². The summed E-state index contributed by atoms with van der Waals surface area (Å²) in [5, 5.41) is 23.3. The molecule has 108 valence electrons. The van der Waals surface area contributed by atoms with Gasteiger partial charge in [0.1, 0.15) is 0 Å². The van der Waals surface area contributed by atoms with Gasteiger partial charge in [-0.2, -0.15) is 0 Å². The normalized spacial score (nSPS) is 11.6. The van der Waals surface area contributed by atoms with Gasteiger partial charge in [-0.3, -0.25) is 14.9 Å². The molecule has 2 N–H and O–H groups in total. The highest BCUT2D eigenvalue weighted by molar-refractivity contribution is 7.13. The summed E-state index contributed by atoms with van der Waals surface area (Å²) >= 11 is 0.810. The standard InChI is InChI=1S/C13H10N2O5S/c16-12(9-6-10(15(19)20)21-7-9)14-11(13(17)18)8-4-2-1-3-5-8/h1-7,11H,(H,14,16)(H,17,18). The van der Waals surface area contributed by atoms with Crippen molar-refractivity contribution in [2.24, 2.45) is 0 Å². The summed E-state index contributed by atoms with van der Waals surface area (Å²) in [6.45, 7) is 0. The number of nitro groups is 1. The first-order valence-electron chi connectivity index (χ1n) is 5.80. The topological polar surface area (TPSA) is 110 Å². The lowest BCUT2D eigenvalue weighted by atomic mass is 10.1. The second-order valence-corrected chi connectivity index (χ2v) is 4.98. The van der Waals surface area contributed by atoms with E-state index in [4.69, 9.17) is 0 Å². The molecule has 21 heavy (non-hydrogen) atoms. The van der Waals surface area contributed by atoms with Crippen LogP contribution < -0.4 is 5.32 Å². The number of nitrogens with zero attached hydrogens (tertiary/aromatic N) is 1. The Morgan fingerprint density at radius 2 is 1.95 bits per heavy atom. The fourth-order valence-electron chi connectivity index (χ4n) is 1.69. The molecule has 0 aliphatic heterocycles. The minimum absolute atomic E-state index is 0.0638. The third-order valence-corrected chi connectivity index (χ3v) is 3.56. The van der Waals surface area contributed by atoms with E-state index in [-0.39, 0.29) is 10.6 Å². The van der Waals surface area contributed by atoms with E-state index in [1.165, 1.54) is 5.38 Å². The van der Waals surface area contributed by atoms with Crippen molar-refractivity contribution >= 4 is 28.2 Å². The minimum Gasteiger partial charge on any atom is -0.479 e. The van der Waals surface area contributed by atoms with Gasteiger partial charge in [0, 0.05) is 11.4 Å². The number of amides is 1. The zero-order chi connectivity index (χ0) is 15.4. The summed E-state index contributed by atoms with van der Waals surface area (Å²) in [7, 11) is 0. The molecule has 7 nitrogen and oxygen atoms in total. The lowest BCUT2D eigenvalue weighted by Crippen LogP contribution is -2.33.